The van der Waals surface area contributed by atoms with Gasteiger partial charge in [-0.25, -0.2) is 9.67 Å². The minimum Gasteiger partial charge on any atom is -0.493 e. The van der Waals surface area contributed by atoms with E-state index in [4.69, 9.17) is 4.74 Å². The van der Waals surface area contributed by atoms with Gasteiger partial charge in [0.25, 0.3) is 0 Å². The number of aromatic nitrogens is 3. The van der Waals surface area contributed by atoms with E-state index in [1.165, 1.54) is 6.33 Å². The molecule has 0 saturated heterocycles. The molecule has 6 heteroatoms. The van der Waals surface area contributed by atoms with Crippen LogP contribution in [-0.4, -0.2) is 46.3 Å². The summed E-state index contributed by atoms with van der Waals surface area (Å²) in [6.07, 6.45) is 4.07. The molecule has 0 aliphatic heterocycles. The highest BCUT2D eigenvalue weighted by molar-refractivity contribution is 6.01. The van der Waals surface area contributed by atoms with Crippen molar-refractivity contribution in [3.63, 3.8) is 0 Å². The molecule has 1 aromatic carbocycles. The lowest BCUT2D eigenvalue weighted by molar-refractivity contribution is 0.316. The Morgan fingerprint density at radius 3 is 2.80 bits per heavy atom. The van der Waals surface area contributed by atoms with Crippen molar-refractivity contribution in [3.05, 3.63) is 42.5 Å². The second-order valence-electron chi connectivity index (χ2n) is 4.46. The number of ether oxygens (including phenoxy) is 1. The Balaban J connectivity index is 2.44. The number of para-hydroxylation sites is 1. The molecule has 0 fully saturated rings. The number of rotatable bonds is 5. The van der Waals surface area contributed by atoms with Crippen molar-refractivity contribution in [1.29, 1.82) is 0 Å². The summed E-state index contributed by atoms with van der Waals surface area (Å²) in [5.41, 5.74) is 0.889. The summed E-state index contributed by atoms with van der Waals surface area (Å²) in [5.74, 6) is 1.48. The van der Waals surface area contributed by atoms with Crippen LogP contribution in [0.1, 0.15) is 18.9 Å². The van der Waals surface area contributed by atoms with Gasteiger partial charge in [-0.05, 0) is 18.6 Å². The molecule has 2 rings (SSSR count). The summed E-state index contributed by atoms with van der Waals surface area (Å²) in [6, 6.07) is 7.81. The van der Waals surface area contributed by atoms with Gasteiger partial charge in [-0.1, -0.05) is 19.1 Å². The lowest BCUT2D eigenvalue weighted by Gasteiger charge is -2.14. The van der Waals surface area contributed by atoms with E-state index in [2.05, 4.69) is 22.1 Å². The zero-order chi connectivity index (χ0) is 14.4. The number of hydrazone groups is 1. The molecule has 0 amide bonds. The Labute approximate surface area is 118 Å². The molecule has 6 nitrogen and oxygen atoms in total. The zero-order valence-corrected chi connectivity index (χ0v) is 12.0. The standard InChI is InChI=1S/C14H19N5O/c1-4-9-20-13-8-6-5-7-12(13)14(17-18(2)3)19-11-15-10-16-19/h5-8,10-11H,4,9H2,1-3H3/b17-14+. The molecule has 0 bridgehead atoms. The monoisotopic (exact) mass is 273 g/mol. The minimum atomic E-state index is 0.670. The fraction of sp³-hybridized carbons (Fsp3) is 0.357. The molecule has 0 saturated carbocycles. The van der Waals surface area contributed by atoms with Crippen LogP contribution >= 0.6 is 0 Å². The first-order valence-electron chi connectivity index (χ1n) is 6.55. The third-order valence-corrected chi connectivity index (χ3v) is 2.52. The van der Waals surface area contributed by atoms with Crippen molar-refractivity contribution in [1.82, 2.24) is 19.8 Å². The summed E-state index contributed by atoms with van der Waals surface area (Å²) >= 11 is 0. The maximum Gasteiger partial charge on any atom is 0.185 e. The molecule has 2 aromatic rings. The van der Waals surface area contributed by atoms with Gasteiger partial charge in [-0.2, -0.15) is 10.2 Å². The Morgan fingerprint density at radius 1 is 1.35 bits per heavy atom. The lowest BCUT2D eigenvalue weighted by atomic mass is 10.2. The SMILES string of the molecule is CCCOc1ccccc1/C(=N\N(C)C)n1cncn1. The van der Waals surface area contributed by atoms with Crippen LogP contribution in [0.4, 0.5) is 0 Å². The molecule has 0 atom stereocenters. The fourth-order valence-corrected chi connectivity index (χ4v) is 1.72. The lowest BCUT2D eigenvalue weighted by Crippen LogP contribution is -2.20. The molecule has 0 N–H and O–H groups in total. The number of nitrogens with zero attached hydrogens (tertiary/aromatic N) is 5. The van der Waals surface area contributed by atoms with Crippen molar-refractivity contribution >= 4 is 5.84 Å². The largest absolute Gasteiger partial charge is 0.493 e. The van der Waals surface area contributed by atoms with E-state index in [1.807, 2.05) is 38.4 Å². The summed E-state index contributed by atoms with van der Waals surface area (Å²) in [5, 5.41) is 10.4. The van der Waals surface area contributed by atoms with Crippen molar-refractivity contribution < 1.29 is 4.74 Å². The third kappa shape index (κ3) is 3.34. The highest BCUT2D eigenvalue weighted by atomic mass is 16.5. The predicted molar refractivity (Wildman–Crippen MR) is 77.9 cm³/mol. The highest BCUT2D eigenvalue weighted by Crippen LogP contribution is 2.20. The van der Waals surface area contributed by atoms with E-state index in [1.54, 1.807) is 16.0 Å². The molecular formula is C14H19N5O. The number of benzene rings is 1. The van der Waals surface area contributed by atoms with Crippen LogP contribution in [0.3, 0.4) is 0 Å². The molecule has 1 heterocycles. The van der Waals surface area contributed by atoms with Crippen molar-refractivity contribution in [2.45, 2.75) is 13.3 Å². The van der Waals surface area contributed by atoms with Crippen LogP contribution in [0.5, 0.6) is 5.75 Å². The minimum absolute atomic E-state index is 0.670. The van der Waals surface area contributed by atoms with E-state index >= 15 is 0 Å². The van der Waals surface area contributed by atoms with Gasteiger partial charge in [0.1, 0.15) is 18.4 Å². The normalized spacial score (nSPS) is 11.4. The van der Waals surface area contributed by atoms with E-state index in [-0.39, 0.29) is 0 Å². The maximum absolute atomic E-state index is 5.79. The predicted octanol–water partition coefficient (Wildman–Crippen LogP) is 1.84. The molecule has 0 unspecified atom stereocenters. The molecule has 106 valence electrons. The second-order valence-corrected chi connectivity index (χ2v) is 4.46. The molecular weight excluding hydrogens is 254 g/mol. The first-order valence-corrected chi connectivity index (χ1v) is 6.55. The highest BCUT2D eigenvalue weighted by Gasteiger charge is 2.13. The van der Waals surface area contributed by atoms with Crippen molar-refractivity contribution in [2.24, 2.45) is 5.10 Å². The summed E-state index contributed by atoms with van der Waals surface area (Å²) in [4.78, 5) is 3.98. The number of hydrogen-bond acceptors (Lipinski definition) is 5. The Morgan fingerprint density at radius 2 is 2.15 bits per heavy atom. The van der Waals surface area contributed by atoms with Gasteiger partial charge in [-0.15, -0.1) is 0 Å². The Bertz CT molecular complexity index is 563. The van der Waals surface area contributed by atoms with Crippen molar-refractivity contribution in [2.75, 3.05) is 20.7 Å². The maximum atomic E-state index is 5.79. The molecule has 0 radical (unpaired) electrons. The fourth-order valence-electron chi connectivity index (χ4n) is 1.72. The molecule has 0 aliphatic rings. The number of hydrogen-bond donors (Lipinski definition) is 0. The molecule has 0 spiro atoms. The van der Waals surface area contributed by atoms with Gasteiger partial charge in [0.15, 0.2) is 5.84 Å². The van der Waals surface area contributed by atoms with Crippen LogP contribution in [0.15, 0.2) is 42.0 Å². The summed E-state index contributed by atoms with van der Waals surface area (Å²) < 4.78 is 7.42. The van der Waals surface area contributed by atoms with Crippen LogP contribution in [0, 0.1) is 0 Å². The van der Waals surface area contributed by atoms with Gasteiger partial charge in [0.2, 0.25) is 0 Å². The van der Waals surface area contributed by atoms with E-state index < -0.39 is 0 Å². The quantitative estimate of drug-likeness (QED) is 0.474. The topological polar surface area (TPSA) is 55.5 Å². The van der Waals surface area contributed by atoms with Gasteiger partial charge < -0.3 is 9.75 Å². The van der Waals surface area contributed by atoms with Crippen molar-refractivity contribution in [3.8, 4) is 5.75 Å². The van der Waals surface area contributed by atoms with E-state index in [9.17, 15) is 0 Å². The van der Waals surface area contributed by atoms with Gasteiger partial charge >= 0.3 is 0 Å². The van der Waals surface area contributed by atoms with Gasteiger partial charge in [0.05, 0.1) is 12.2 Å². The second kappa shape index (κ2) is 6.70. The van der Waals surface area contributed by atoms with Crippen LogP contribution < -0.4 is 4.74 Å². The van der Waals surface area contributed by atoms with Crippen LogP contribution in [-0.2, 0) is 0 Å². The van der Waals surface area contributed by atoms with E-state index in [0.29, 0.717) is 12.4 Å². The first-order chi connectivity index (χ1) is 9.72. The third-order valence-electron chi connectivity index (χ3n) is 2.52. The average Bonchev–Trinajstić information content (AvgIpc) is 2.97. The molecule has 0 aliphatic carbocycles. The first kappa shape index (κ1) is 14.0. The van der Waals surface area contributed by atoms with Crippen LogP contribution in [0.2, 0.25) is 0 Å². The Kier molecular flexibility index (Phi) is 4.70. The summed E-state index contributed by atoms with van der Waals surface area (Å²) in [7, 11) is 3.74. The Hall–Kier alpha value is -2.37. The molecule has 20 heavy (non-hydrogen) atoms. The van der Waals surface area contributed by atoms with Gasteiger partial charge in [-0.3, -0.25) is 0 Å². The zero-order valence-electron chi connectivity index (χ0n) is 12.0. The van der Waals surface area contributed by atoms with Crippen LogP contribution in [0.25, 0.3) is 0 Å². The van der Waals surface area contributed by atoms with E-state index in [0.717, 1.165) is 17.7 Å². The smallest absolute Gasteiger partial charge is 0.185 e. The summed E-state index contributed by atoms with van der Waals surface area (Å²) in [6.45, 7) is 2.75. The average molecular weight is 273 g/mol. The van der Waals surface area contributed by atoms with Gasteiger partial charge in [0, 0.05) is 14.1 Å². The molecule has 1 aromatic heterocycles.